The lowest BCUT2D eigenvalue weighted by Gasteiger charge is -2.28. The van der Waals surface area contributed by atoms with Crippen molar-refractivity contribution in [3.8, 4) is 0 Å². The summed E-state index contributed by atoms with van der Waals surface area (Å²) in [5.41, 5.74) is 0.312. The summed E-state index contributed by atoms with van der Waals surface area (Å²) >= 11 is 0. The molecule has 0 bridgehead atoms. The van der Waals surface area contributed by atoms with E-state index in [9.17, 15) is 28.1 Å². The smallest absolute Gasteiger partial charge is 0.338 e. The number of nitro groups is 1. The molecule has 0 radical (unpaired) electrons. The third kappa shape index (κ3) is 5.51. The van der Waals surface area contributed by atoms with Crippen LogP contribution in [0.2, 0.25) is 0 Å². The third-order valence-corrected chi connectivity index (χ3v) is 6.43. The van der Waals surface area contributed by atoms with Crippen molar-refractivity contribution in [2.45, 2.75) is 39.2 Å². The number of nitrogens with zero attached hydrogens (tertiary/aromatic N) is 2. The standard InChI is InChI=1S/C18H24N2O7S/c1-3-4-8-19(15-7-9-28(25,26)12-15)17(21)11-27-18(22)14-5-6-16(20(23)24)13(2)10-14/h5-6,10,15H,3-4,7-9,11-12H2,1-2H3. The van der Waals surface area contributed by atoms with Crippen molar-refractivity contribution in [1.82, 2.24) is 4.90 Å². The van der Waals surface area contributed by atoms with E-state index in [-0.39, 0.29) is 22.8 Å². The number of benzene rings is 1. The molecule has 1 atom stereocenters. The number of rotatable bonds is 8. The van der Waals surface area contributed by atoms with Crippen molar-refractivity contribution in [1.29, 1.82) is 0 Å². The largest absolute Gasteiger partial charge is 0.452 e. The first kappa shape index (κ1) is 21.8. The molecule has 1 amide bonds. The maximum Gasteiger partial charge on any atom is 0.338 e. The predicted molar refractivity (Wildman–Crippen MR) is 102 cm³/mol. The van der Waals surface area contributed by atoms with Crippen LogP contribution in [0.1, 0.15) is 42.1 Å². The van der Waals surface area contributed by atoms with E-state index in [1.54, 1.807) is 0 Å². The van der Waals surface area contributed by atoms with E-state index in [0.717, 1.165) is 12.8 Å². The Hall–Kier alpha value is -2.49. The molecule has 0 aliphatic carbocycles. The summed E-state index contributed by atoms with van der Waals surface area (Å²) in [5.74, 6) is -1.23. The molecule has 10 heteroatoms. The van der Waals surface area contributed by atoms with Crippen molar-refractivity contribution >= 4 is 27.4 Å². The van der Waals surface area contributed by atoms with Crippen LogP contribution >= 0.6 is 0 Å². The molecular formula is C18H24N2O7S. The van der Waals surface area contributed by atoms with Gasteiger partial charge in [-0.1, -0.05) is 13.3 Å². The quantitative estimate of drug-likeness (QED) is 0.363. The van der Waals surface area contributed by atoms with Gasteiger partial charge < -0.3 is 9.64 Å². The van der Waals surface area contributed by atoms with Gasteiger partial charge in [0.15, 0.2) is 16.4 Å². The van der Waals surface area contributed by atoms with Gasteiger partial charge in [-0.05, 0) is 31.9 Å². The minimum Gasteiger partial charge on any atom is -0.452 e. The highest BCUT2D eigenvalue weighted by Crippen LogP contribution is 2.20. The van der Waals surface area contributed by atoms with Crippen LogP contribution in [0.25, 0.3) is 0 Å². The van der Waals surface area contributed by atoms with Gasteiger partial charge in [0.2, 0.25) is 0 Å². The zero-order valence-corrected chi connectivity index (χ0v) is 16.7. The van der Waals surface area contributed by atoms with E-state index >= 15 is 0 Å². The minimum absolute atomic E-state index is 0.0510. The molecule has 1 fully saturated rings. The van der Waals surface area contributed by atoms with Crippen LogP contribution in [0.3, 0.4) is 0 Å². The maximum absolute atomic E-state index is 12.6. The fourth-order valence-electron chi connectivity index (χ4n) is 3.14. The fraction of sp³-hybridized carbons (Fsp3) is 0.556. The Bertz CT molecular complexity index is 867. The molecule has 1 saturated heterocycles. The van der Waals surface area contributed by atoms with Crippen molar-refractivity contribution < 1.29 is 27.7 Å². The molecule has 9 nitrogen and oxygen atoms in total. The van der Waals surface area contributed by atoms with E-state index in [0.29, 0.717) is 18.5 Å². The van der Waals surface area contributed by atoms with Crippen LogP contribution in [0, 0.1) is 17.0 Å². The summed E-state index contributed by atoms with van der Waals surface area (Å²) in [6.45, 7) is 3.37. The topological polar surface area (TPSA) is 124 Å². The normalized spacial score (nSPS) is 17.9. The fourth-order valence-corrected chi connectivity index (χ4v) is 4.87. The van der Waals surface area contributed by atoms with Crippen molar-refractivity contribution in [2.75, 3.05) is 24.7 Å². The highest BCUT2D eigenvalue weighted by molar-refractivity contribution is 7.91. The first-order valence-electron chi connectivity index (χ1n) is 9.06. The number of hydrogen-bond donors (Lipinski definition) is 0. The Morgan fingerprint density at radius 2 is 2.07 bits per heavy atom. The number of unbranched alkanes of at least 4 members (excludes halogenated alkanes) is 1. The molecule has 1 aliphatic heterocycles. The first-order chi connectivity index (χ1) is 13.1. The number of aryl methyl sites for hydroxylation is 1. The summed E-state index contributed by atoms with van der Waals surface area (Å²) in [6, 6.07) is 3.43. The lowest BCUT2D eigenvalue weighted by molar-refractivity contribution is -0.385. The van der Waals surface area contributed by atoms with Crippen LogP contribution in [-0.4, -0.2) is 60.8 Å². The third-order valence-electron chi connectivity index (χ3n) is 4.68. The molecule has 1 aromatic rings. The van der Waals surface area contributed by atoms with E-state index in [1.807, 2.05) is 6.92 Å². The summed E-state index contributed by atoms with van der Waals surface area (Å²) in [4.78, 5) is 36.5. The van der Waals surface area contributed by atoms with Gasteiger partial charge in [0.1, 0.15) is 0 Å². The van der Waals surface area contributed by atoms with Gasteiger partial charge in [-0.25, -0.2) is 13.2 Å². The zero-order valence-electron chi connectivity index (χ0n) is 15.9. The first-order valence-corrected chi connectivity index (χ1v) is 10.9. The Labute approximate surface area is 163 Å². The van der Waals surface area contributed by atoms with Gasteiger partial charge in [0.05, 0.1) is 22.0 Å². The Kier molecular flexibility index (Phi) is 7.11. The highest BCUT2D eigenvalue weighted by Gasteiger charge is 2.34. The minimum atomic E-state index is -3.15. The number of amides is 1. The number of ether oxygens (including phenoxy) is 1. The van der Waals surface area contributed by atoms with E-state index in [4.69, 9.17) is 4.74 Å². The van der Waals surface area contributed by atoms with Gasteiger partial charge in [-0.3, -0.25) is 14.9 Å². The van der Waals surface area contributed by atoms with Crippen molar-refractivity contribution in [2.24, 2.45) is 0 Å². The van der Waals surface area contributed by atoms with E-state index < -0.39 is 39.3 Å². The molecule has 2 rings (SSSR count). The van der Waals surface area contributed by atoms with Crippen LogP contribution < -0.4 is 0 Å². The summed E-state index contributed by atoms with van der Waals surface area (Å²) in [6.07, 6.45) is 1.94. The molecule has 28 heavy (non-hydrogen) atoms. The molecule has 0 N–H and O–H groups in total. The van der Waals surface area contributed by atoms with Gasteiger partial charge in [0.25, 0.3) is 11.6 Å². The van der Waals surface area contributed by atoms with Gasteiger partial charge in [-0.15, -0.1) is 0 Å². The van der Waals surface area contributed by atoms with Gasteiger partial charge in [-0.2, -0.15) is 0 Å². The maximum atomic E-state index is 12.6. The van der Waals surface area contributed by atoms with Crippen LogP contribution in [-0.2, 0) is 19.4 Å². The Morgan fingerprint density at radius 1 is 1.36 bits per heavy atom. The number of esters is 1. The zero-order chi connectivity index (χ0) is 20.9. The van der Waals surface area contributed by atoms with Gasteiger partial charge in [0, 0.05) is 24.2 Å². The predicted octanol–water partition coefficient (Wildman–Crippen LogP) is 1.88. The molecule has 154 valence electrons. The molecule has 1 aromatic carbocycles. The van der Waals surface area contributed by atoms with E-state index in [1.165, 1.54) is 30.0 Å². The molecule has 0 spiro atoms. The summed E-state index contributed by atoms with van der Waals surface area (Å²) in [7, 11) is -3.15. The van der Waals surface area contributed by atoms with Crippen LogP contribution in [0.15, 0.2) is 18.2 Å². The lowest BCUT2D eigenvalue weighted by atomic mass is 10.1. The summed E-state index contributed by atoms with van der Waals surface area (Å²) in [5, 5.41) is 10.8. The second-order valence-corrected chi connectivity index (χ2v) is 9.06. The van der Waals surface area contributed by atoms with Crippen LogP contribution in [0.5, 0.6) is 0 Å². The molecule has 0 aromatic heterocycles. The number of carbonyl (C=O) groups is 2. The van der Waals surface area contributed by atoms with E-state index in [2.05, 4.69) is 0 Å². The average molecular weight is 412 g/mol. The molecule has 1 heterocycles. The average Bonchev–Trinajstić information content (AvgIpc) is 2.99. The second-order valence-electron chi connectivity index (χ2n) is 6.83. The van der Waals surface area contributed by atoms with Crippen molar-refractivity contribution in [3.05, 3.63) is 39.4 Å². The number of carbonyl (C=O) groups excluding carboxylic acids is 2. The number of hydrogen-bond acceptors (Lipinski definition) is 7. The molecular weight excluding hydrogens is 388 g/mol. The molecule has 1 unspecified atom stereocenters. The van der Waals surface area contributed by atoms with Crippen LogP contribution in [0.4, 0.5) is 5.69 Å². The summed E-state index contributed by atoms with van der Waals surface area (Å²) < 4.78 is 28.5. The Morgan fingerprint density at radius 3 is 2.61 bits per heavy atom. The van der Waals surface area contributed by atoms with Gasteiger partial charge >= 0.3 is 5.97 Å². The van der Waals surface area contributed by atoms with Crippen molar-refractivity contribution in [3.63, 3.8) is 0 Å². The lowest BCUT2D eigenvalue weighted by Crippen LogP contribution is -2.43. The highest BCUT2D eigenvalue weighted by atomic mass is 32.2. The second kappa shape index (κ2) is 9.13. The SMILES string of the molecule is CCCCN(C(=O)COC(=O)c1ccc([N+](=O)[O-])c(C)c1)C1CCS(=O)(=O)C1. The Balaban J connectivity index is 2.02. The number of nitro benzene ring substituents is 1. The molecule has 0 saturated carbocycles. The molecule has 1 aliphatic rings. The monoisotopic (exact) mass is 412 g/mol. The number of sulfone groups is 1.